The van der Waals surface area contributed by atoms with Crippen molar-refractivity contribution in [2.45, 2.75) is 13.0 Å². The molecule has 0 aliphatic carbocycles. The van der Waals surface area contributed by atoms with E-state index in [0.29, 0.717) is 35.2 Å². The van der Waals surface area contributed by atoms with Gasteiger partial charge in [0.1, 0.15) is 6.04 Å². The molecule has 114 valence electrons. The summed E-state index contributed by atoms with van der Waals surface area (Å²) in [6.07, 6.45) is 0. The van der Waals surface area contributed by atoms with Gasteiger partial charge in [-0.05, 0) is 25.1 Å². The third-order valence-electron chi connectivity index (χ3n) is 3.19. The Morgan fingerprint density at radius 3 is 2.95 bits per heavy atom. The van der Waals surface area contributed by atoms with Gasteiger partial charge in [0.05, 0.1) is 12.2 Å². The number of hydrogen-bond donors (Lipinski definition) is 1. The molecule has 1 amide bonds. The van der Waals surface area contributed by atoms with Crippen LogP contribution in [0.25, 0.3) is 0 Å². The molecule has 0 bridgehead atoms. The van der Waals surface area contributed by atoms with E-state index in [1.165, 1.54) is 11.0 Å². The highest BCUT2D eigenvalue weighted by atomic mass is 35.5. The van der Waals surface area contributed by atoms with Gasteiger partial charge in [-0.1, -0.05) is 11.6 Å². The van der Waals surface area contributed by atoms with Crippen molar-refractivity contribution < 1.29 is 14.3 Å². The van der Waals surface area contributed by atoms with E-state index in [-0.39, 0.29) is 11.9 Å². The summed E-state index contributed by atoms with van der Waals surface area (Å²) in [7, 11) is 0. The predicted molar refractivity (Wildman–Crippen MR) is 84.6 cm³/mol. The third-order valence-corrected chi connectivity index (χ3v) is 4.45. The van der Waals surface area contributed by atoms with Crippen LogP contribution >= 0.6 is 23.4 Å². The fourth-order valence-corrected chi connectivity index (χ4v) is 3.38. The van der Waals surface area contributed by atoms with Gasteiger partial charge in [-0.3, -0.25) is 4.79 Å². The molecular formula is C14H17ClN2O3S. The Morgan fingerprint density at radius 1 is 1.52 bits per heavy atom. The molecule has 1 atom stereocenters. The number of nitrogens with two attached hydrogens (primary N) is 1. The zero-order chi connectivity index (χ0) is 15.4. The van der Waals surface area contributed by atoms with Crippen molar-refractivity contribution in [3.8, 4) is 0 Å². The van der Waals surface area contributed by atoms with Crippen molar-refractivity contribution in [2.24, 2.45) is 0 Å². The van der Waals surface area contributed by atoms with Crippen LogP contribution in [-0.2, 0) is 9.53 Å². The molecular weight excluding hydrogens is 312 g/mol. The van der Waals surface area contributed by atoms with Gasteiger partial charge in [0.15, 0.2) is 0 Å². The first kappa shape index (κ1) is 16.0. The number of thioether (sulfide) groups is 1. The fraction of sp³-hybridized carbons (Fsp3) is 0.429. The molecule has 1 aromatic rings. The van der Waals surface area contributed by atoms with Gasteiger partial charge in [-0.2, -0.15) is 11.8 Å². The lowest BCUT2D eigenvalue weighted by molar-refractivity contribution is -0.147. The number of esters is 1. The number of ether oxygens (including phenoxy) is 1. The Kier molecular flexibility index (Phi) is 5.36. The number of halogens is 1. The lowest BCUT2D eigenvalue weighted by atomic mass is 10.1. The van der Waals surface area contributed by atoms with Crippen LogP contribution in [0.4, 0.5) is 5.69 Å². The molecule has 1 aromatic carbocycles. The van der Waals surface area contributed by atoms with Crippen LogP contribution in [0.2, 0.25) is 5.02 Å². The number of carbonyl (C=O) groups excluding carboxylic acids is 2. The summed E-state index contributed by atoms with van der Waals surface area (Å²) in [6.45, 7) is 2.54. The van der Waals surface area contributed by atoms with Crippen LogP contribution in [0.1, 0.15) is 17.3 Å². The van der Waals surface area contributed by atoms with Crippen molar-refractivity contribution in [1.82, 2.24) is 4.90 Å². The lowest BCUT2D eigenvalue weighted by Gasteiger charge is -2.34. The average Bonchev–Trinajstić information content (AvgIpc) is 2.47. The standard InChI is InChI=1S/C14H17ClN2O3S/c1-2-20-14(19)12-8-21-6-5-17(12)13(18)10-4-3-9(15)7-11(10)16/h3-4,7,12H,2,5-6,8,16H2,1H3. The van der Waals surface area contributed by atoms with Crippen molar-refractivity contribution in [1.29, 1.82) is 0 Å². The number of anilines is 1. The molecule has 0 aromatic heterocycles. The Labute approximate surface area is 132 Å². The van der Waals surface area contributed by atoms with Crippen LogP contribution in [-0.4, -0.2) is 47.5 Å². The molecule has 7 heteroatoms. The minimum atomic E-state index is -0.564. The van der Waals surface area contributed by atoms with Gasteiger partial charge in [0.25, 0.3) is 5.91 Å². The zero-order valence-electron chi connectivity index (χ0n) is 11.7. The van der Waals surface area contributed by atoms with Crippen molar-refractivity contribution >= 4 is 40.9 Å². The normalized spacial score (nSPS) is 18.4. The lowest BCUT2D eigenvalue weighted by Crippen LogP contribution is -2.51. The summed E-state index contributed by atoms with van der Waals surface area (Å²) in [6, 6.07) is 4.17. The van der Waals surface area contributed by atoms with E-state index in [9.17, 15) is 9.59 Å². The molecule has 1 aliphatic rings. The predicted octanol–water partition coefficient (Wildman–Crippen LogP) is 2.04. The number of benzene rings is 1. The SMILES string of the molecule is CCOC(=O)C1CSCCN1C(=O)c1ccc(Cl)cc1N. The number of rotatable bonds is 3. The molecule has 0 saturated carbocycles. The Hall–Kier alpha value is -1.40. The maximum Gasteiger partial charge on any atom is 0.329 e. The van der Waals surface area contributed by atoms with E-state index < -0.39 is 6.04 Å². The second-order valence-corrected chi connectivity index (χ2v) is 6.16. The maximum atomic E-state index is 12.6. The maximum absolute atomic E-state index is 12.6. The summed E-state index contributed by atoms with van der Waals surface area (Å²) < 4.78 is 5.05. The second kappa shape index (κ2) is 7.04. The van der Waals surface area contributed by atoms with Crippen molar-refractivity contribution in [3.05, 3.63) is 28.8 Å². The van der Waals surface area contributed by atoms with Crippen LogP contribution in [0.15, 0.2) is 18.2 Å². The zero-order valence-corrected chi connectivity index (χ0v) is 13.2. The first-order valence-corrected chi connectivity index (χ1v) is 8.18. The van der Waals surface area contributed by atoms with Gasteiger partial charge >= 0.3 is 5.97 Å². The van der Waals surface area contributed by atoms with E-state index in [1.807, 2.05) is 0 Å². The minimum absolute atomic E-state index is 0.262. The summed E-state index contributed by atoms with van der Waals surface area (Å²) in [5.74, 6) is 0.695. The van der Waals surface area contributed by atoms with E-state index in [2.05, 4.69) is 0 Å². The minimum Gasteiger partial charge on any atom is -0.464 e. The monoisotopic (exact) mass is 328 g/mol. The van der Waals surface area contributed by atoms with E-state index in [4.69, 9.17) is 22.1 Å². The first-order valence-electron chi connectivity index (χ1n) is 6.65. The fourth-order valence-electron chi connectivity index (χ4n) is 2.16. The topological polar surface area (TPSA) is 72.6 Å². The van der Waals surface area contributed by atoms with E-state index in [0.717, 1.165) is 5.75 Å². The number of amides is 1. The second-order valence-electron chi connectivity index (χ2n) is 4.57. The number of hydrogen-bond acceptors (Lipinski definition) is 5. The van der Waals surface area contributed by atoms with E-state index in [1.54, 1.807) is 30.8 Å². The molecule has 5 nitrogen and oxygen atoms in total. The molecule has 1 aliphatic heterocycles. The van der Waals surface area contributed by atoms with Crippen LogP contribution in [0.5, 0.6) is 0 Å². The highest BCUT2D eigenvalue weighted by molar-refractivity contribution is 7.99. The summed E-state index contributed by atoms with van der Waals surface area (Å²) >= 11 is 7.48. The Bertz CT molecular complexity index is 553. The summed E-state index contributed by atoms with van der Waals surface area (Å²) in [5.41, 5.74) is 6.53. The summed E-state index contributed by atoms with van der Waals surface area (Å²) in [4.78, 5) is 26.2. The smallest absolute Gasteiger partial charge is 0.329 e. The average molecular weight is 329 g/mol. The molecule has 1 fully saturated rings. The number of carbonyl (C=O) groups is 2. The Morgan fingerprint density at radius 2 is 2.29 bits per heavy atom. The molecule has 2 rings (SSSR count). The molecule has 0 radical (unpaired) electrons. The highest BCUT2D eigenvalue weighted by Gasteiger charge is 2.34. The van der Waals surface area contributed by atoms with Gasteiger partial charge in [0, 0.05) is 28.8 Å². The van der Waals surface area contributed by atoms with Crippen molar-refractivity contribution in [3.63, 3.8) is 0 Å². The van der Waals surface area contributed by atoms with Crippen molar-refractivity contribution in [2.75, 3.05) is 30.4 Å². The third kappa shape index (κ3) is 3.63. The largest absolute Gasteiger partial charge is 0.464 e. The van der Waals surface area contributed by atoms with Gasteiger partial charge in [0.2, 0.25) is 0 Å². The number of nitrogens with zero attached hydrogens (tertiary/aromatic N) is 1. The molecule has 1 unspecified atom stereocenters. The molecule has 1 heterocycles. The number of nitrogen functional groups attached to an aromatic ring is 1. The van der Waals surface area contributed by atoms with Gasteiger partial charge in [-0.15, -0.1) is 0 Å². The molecule has 0 spiro atoms. The van der Waals surface area contributed by atoms with Crippen LogP contribution < -0.4 is 5.73 Å². The van der Waals surface area contributed by atoms with Crippen LogP contribution in [0, 0.1) is 0 Å². The highest BCUT2D eigenvalue weighted by Crippen LogP contribution is 2.24. The van der Waals surface area contributed by atoms with Crippen LogP contribution in [0.3, 0.4) is 0 Å². The van der Waals surface area contributed by atoms with Gasteiger partial charge < -0.3 is 15.4 Å². The molecule has 21 heavy (non-hydrogen) atoms. The molecule has 2 N–H and O–H groups in total. The Balaban J connectivity index is 2.24. The van der Waals surface area contributed by atoms with Gasteiger partial charge in [-0.25, -0.2) is 4.79 Å². The van der Waals surface area contributed by atoms with E-state index >= 15 is 0 Å². The molecule has 1 saturated heterocycles. The quantitative estimate of drug-likeness (QED) is 0.679. The summed E-state index contributed by atoms with van der Waals surface area (Å²) in [5, 5.41) is 0.472. The first-order chi connectivity index (χ1) is 10.0.